The van der Waals surface area contributed by atoms with Crippen LogP contribution in [0.15, 0.2) is 43.0 Å². The van der Waals surface area contributed by atoms with Crippen molar-refractivity contribution >= 4 is 22.1 Å². The van der Waals surface area contributed by atoms with Crippen molar-refractivity contribution in [2.75, 3.05) is 0 Å². The van der Waals surface area contributed by atoms with E-state index in [-0.39, 0.29) is 11.9 Å². The number of rotatable bonds is 3. The summed E-state index contributed by atoms with van der Waals surface area (Å²) >= 11 is 0. The first-order valence-corrected chi connectivity index (χ1v) is 9.57. The Morgan fingerprint density at radius 1 is 1.14 bits per heavy atom. The largest absolute Gasteiger partial charge is 0.345 e. The summed E-state index contributed by atoms with van der Waals surface area (Å²) in [6.45, 7) is 6.07. The molecule has 5 aromatic rings. The molecule has 1 N–H and O–H groups in total. The summed E-state index contributed by atoms with van der Waals surface area (Å²) < 4.78 is 18.8. The number of H-pyrrole nitrogens is 1. The Labute approximate surface area is 167 Å². The fourth-order valence-electron chi connectivity index (χ4n) is 4.16. The molecule has 0 aliphatic rings. The highest BCUT2D eigenvalue weighted by molar-refractivity contribution is 6.04. The zero-order valence-electron chi connectivity index (χ0n) is 16.7. The first-order chi connectivity index (χ1) is 13.9. The summed E-state index contributed by atoms with van der Waals surface area (Å²) in [4.78, 5) is 12.1. The minimum atomic E-state index is -0.318. The number of aryl methyl sites for hydroxylation is 2. The molecule has 6 nitrogen and oxygen atoms in total. The van der Waals surface area contributed by atoms with E-state index in [9.17, 15) is 0 Å². The molecule has 0 amide bonds. The smallest absolute Gasteiger partial charge is 0.151 e. The Kier molecular flexibility index (Phi) is 3.81. The second-order valence-corrected chi connectivity index (χ2v) is 7.64. The van der Waals surface area contributed by atoms with Crippen LogP contribution in [0.1, 0.15) is 25.7 Å². The van der Waals surface area contributed by atoms with E-state index in [1.54, 1.807) is 16.9 Å². The number of hydrogen-bond acceptors (Lipinski definition) is 3. The Hall–Kier alpha value is -3.48. The topological polar surface area (TPSA) is 64.3 Å². The Morgan fingerprint density at radius 3 is 2.69 bits per heavy atom. The van der Waals surface area contributed by atoms with Crippen molar-refractivity contribution in [1.82, 2.24) is 29.3 Å². The number of imidazole rings is 1. The van der Waals surface area contributed by atoms with E-state index in [0.29, 0.717) is 5.52 Å². The molecule has 0 unspecified atom stereocenters. The minimum Gasteiger partial charge on any atom is -0.345 e. The van der Waals surface area contributed by atoms with E-state index < -0.39 is 0 Å². The third kappa shape index (κ3) is 2.65. The SMILES string of the molecule is Cc1nc2c(F)cc(-c3c[nH]c4nccc(-c5cnn(C)c5)c34)cc2n1C(C)C. The Bertz CT molecular complexity index is 1370. The van der Waals surface area contributed by atoms with E-state index in [0.717, 1.165) is 44.6 Å². The van der Waals surface area contributed by atoms with Crippen LogP contribution in [0.25, 0.3) is 44.3 Å². The highest BCUT2D eigenvalue weighted by Gasteiger charge is 2.19. The third-order valence-corrected chi connectivity index (χ3v) is 5.34. The number of aromatic nitrogens is 6. The van der Waals surface area contributed by atoms with Crippen molar-refractivity contribution < 1.29 is 4.39 Å². The molecular formula is C22H21FN6. The molecule has 0 aliphatic heterocycles. The maximum atomic E-state index is 15.0. The molecule has 29 heavy (non-hydrogen) atoms. The number of benzene rings is 1. The second-order valence-electron chi connectivity index (χ2n) is 7.64. The predicted molar refractivity (Wildman–Crippen MR) is 112 cm³/mol. The molecule has 0 aliphatic carbocycles. The predicted octanol–water partition coefficient (Wildman–Crippen LogP) is 5.01. The normalized spacial score (nSPS) is 11.9. The lowest BCUT2D eigenvalue weighted by Gasteiger charge is -2.12. The molecule has 0 atom stereocenters. The van der Waals surface area contributed by atoms with Gasteiger partial charge in [-0.05, 0) is 50.1 Å². The fourth-order valence-corrected chi connectivity index (χ4v) is 4.16. The summed E-state index contributed by atoms with van der Waals surface area (Å²) in [6.07, 6.45) is 7.45. The maximum Gasteiger partial charge on any atom is 0.151 e. The summed E-state index contributed by atoms with van der Waals surface area (Å²) in [5, 5.41) is 5.24. The molecule has 4 aromatic heterocycles. The van der Waals surface area contributed by atoms with Crippen molar-refractivity contribution in [3.63, 3.8) is 0 Å². The van der Waals surface area contributed by atoms with Gasteiger partial charge in [-0.2, -0.15) is 5.10 Å². The van der Waals surface area contributed by atoms with Crippen molar-refractivity contribution in [3.8, 4) is 22.3 Å². The van der Waals surface area contributed by atoms with Gasteiger partial charge >= 0.3 is 0 Å². The standard InChI is InChI=1S/C22H21FN6/c1-12(2)29-13(3)27-21-18(23)7-14(8-19(21)29)17-10-25-22-20(17)16(5-6-24-22)15-9-26-28(4)11-15/h5-12H,1-4H3,(H,24,25). The molecule has 0 saturated heterocycles. The summed E-state index contributed by atoms with van der Waals surface area (Å²) in [5.74, 6) is 0.490. The van der Waals surface area contributed by atoms with Crippen LogP contribution in [0.5, 0.6) is 0 Å². The van der Waals surface area contributed by atoms with Crippen LogP contribution in [0.3, 0.4) is 0 Å². The monoisotopic (exact) mass is 388 g/mol. The Balaban J connectivity index is 1.80. The average Bonchev–Trinajstić information content (AvgIpc) is 3.37. The van der Waals surface area contributed by atoms with Gasteiger partial charge in [0.15, 0.2) is 5.82 Å². The first kappa shape index (κ1) is 17.6. The molecule has 0 fully saturated rings. The number of hydrogen-bond donors (Lipinski definition) is 1. The van der Waals surface area contributed by atoms with Gasteiger partial charge in [-0.1, -0.05) is 0 Å². The minimum absolute atomic E-state index is 0.185. The van der Waals surface area contributed by atoms with Crippen LogP contribution < -0.4 is 0 Å². The quantitative estimate of drug-likeness (QED) is 0.473. The number of fused-ring (bicyclic) bond motifs is 2. The van der Waals surface area contributed by atoms with Crippen molar-refractivity contribution in [2.24, 2.45) is 7.05 Å². The number of pyridine rings is 1. The van der Waals surface area contributed by atoms with Gasteiger partial charge < -0.3 is 9.55 Å². The van der Waals surface area contributed by atoms with E-state index >= 15 is 4.39 Å². The number of halogens is 1. The number of nitrogens with zero attached hydrogens (tertiary/aromatic N) is 5. The molecule has 0 bridgehead atoms. The Morgan fingerprint density at radius 2 is 1.97 bits per heavy atom. The number of aromatic amines is 1. The van der Waals surface area contributed by atoms with Gasteiger partial charge in [0.25, 0.3) is 0 Å². The maximum absolute atomic E-state index is 15.0. The summed E-state index contributed by atoms with van der Waals surface area (Å²) in [6, 6.07) is 5.72. The van der Waals surface area contributed by atoms with Crippen LogP contribution in [-0.4, -0.2) is 29.3 Å². The zero-order chi connectivity index (χ0) is 20.3. The molecule has 146 valence electrons. The molecule has 0 spiro atoms. The van der Waals surface area contributed by atoms with Gasteiger partial charge in [-0.15, -0.1) is 0 Å². The second kappa shape index (κ2) is 6.27. The average molecular weight is 388 g/mol. The highest BCUT2D eigenvalue weighted by atomic mass is 19.1. The van der Waals surface area contributed by atoms with Crippen LogP contribution in [0.4, 0.5) is 4.39 Å². The van der Waals surface area contributed by atoms with Gasteiger partial charge in [0.05, 0.1) is 11.7 Å². The molecule has 5 rings (SSSR count). The lowest BCUT2D eigenvalue weighted by molar-refractivity contribution is 0.600. The molecule has 0 saturated carbocycles. The van der Waals surface area contributed by atoms with Crippen molar-refractivity contribution in [1.29, 1.82) is 0 Å². The van der Waals surface area contributed by atoms with Crippen LogP contribution in [0, 0.1) is 12.7 Å². The molecule has 7 heteroatoms. The van der Waals surface area contributed by atoms with Crippen LogP contribution in [0.2, 0.25) is 0 Å². The fraction of sp³-hybridized carbons (Fsp3) is 0.227. The van der Waals surface area contributed by atoms with E-state index in [1.165, 1.54) is 0 Å². The van der Waals surface area contributed by atoms with Crippen LogP contribution >= 0.6 is 0 Å². The van der Waals surface area contributed by atoms with Crippen molar-refractivity contribution in [3.05, 3.63) is 54.6 Å². The van der Waals surface area contributed by atoms with Gasteiger partial charge in [0.2, 0.25) is 0 Å². The molecular weight excluding hydrogens is 367 g/mol. The van der Waals surface area contributed by atoms with Crippen LogP contribution in [-0.2, 0) is 7.05 Å². The number of nitrogens with one attached hydrogen (secondary N) is 1. The molecule has 4 heterocycles. The lowest BCUT2D eigenvalue weighted by atomic mass is 9.99. The van der Waals surface area contributed by atoms with E-state index in [2.05, 4.69) is 38.5 Å². The zero-order valence-corrected chi connectivity index (χ0v) is 16.7. The van der Waals surface area contributed by atoms with E-state index in [4.69, 9.17) is 0 Å². The van der Waals surface area contributed by atoms with Gasteiger partial charge in [0.1, 0.15) is 17.0 Å². The highest BCUT2D eigenvalue weighted by Crippen LogP contribution is 2.37. The molecule has 0 radical (unpaired) electrons. The summed E-state index contributed by atoms with van der Waals surface area (Å²) in [7, 11) is 1.89. The molecule has 1 aromatic carbocycles. The lowest BCUT2D eigenvalue weighted by Crippen LogP contribution is -2.02. The summed E-state index contributed by atoms with van der Waals surface area (Å²) in [5.41, 5.74) is 5.66. The first-order valence-electron chi connectivity index (χ1n) is 9.57. The van der Waals surface area contributed by atoms with Gasteiger partial charge in [-0.3, -0.25) is 4.68 Å². The third-order valence-electron chi connectivity index (χ3n) is 5.34. The van der Waals surface area contributed by atoms with Gasteiger partial charge in [0, 0.05) is 48.2 Å². The van der Waals surface area contributed by atoms with Crippen molar-refractivity contribution in [2.45, 2.75) is 26.8 Å². The van der Waals surface area contributed by atoms with Gasteiger partial charge in [-0.25, -0.2) is 14.4 Å². The van der Waals surface area contributed by atoms with E-state index in [1.807, 2.05) is 44.7 Å².